The molecule has 0 unspecified atom stereocenters. The van der Waals surface area contributed by atoms with Gasteiger partial charge in [0.25, 0.3) is 0 Å². The van der Waals surface area contributed by atoms with Crippen molar-refractivity contribution in [2.24, 2.45) is 0 Å². The third-order valence-corrected chi connectivity index (χ3v) is 4.87. The van der Waals surface area contributed by atoms with E-state index in [1.165, 1.54) is 0 Å². The van der Waals surface area contributed by atoms with E-state index in [1.807, 2.05) is 0 Å². The molecule has 0 spiro atoms. The highest BCUT2D eigenvalue weighted by atomic mass is 31.2. The van der Waals surface area contributed by atoms with Crippen LogP contribution in [0.15, 0.2) is 0 Å². The summed E-state index contributed by atoms with van der Waals surface area (Å²) in [5, 5.41) is 0. The van der Waals surface area contributed by atoms with Gasteiger partial charge in [0.05, 0.1) is 0 Å². The maximum atomic E-state index is 10.6. The van der Waals surface area contributed by atoms with Crippen LogP contribution in [0.2, 0.25) is 0 Å². The average molecular weight is 233 g/mol. The Hall–Kier alpha value is -0.230. The van der Waals surface area contributed by atoms with E-state index < -0.39 is 20.7 Å². The molecule has 0 saturated carbocycles. The smallest absolute Gasteiger partial charge is 0.324 e. The van der Waals surface area contributed by atoms with Crippen LogP contribution in [0, 0.1) is 0 Å². The predicted molar refractivity (Wildman–Crippen MR) is 41.7 cm³/mol. The van der Waals surface area contributed by atoms with Gasteiger partial charge in [0.2, 0.25) is 11.9 Å². The topological polar surface area (TPSA) is 135 Å². The van der Waals surface area contributed by atoms with Crippen molar-refractivity contribution in [2.75, 3.05) is 7.05 Å². The first kappa shape index (κ1) is 12.8. The van der Waals surface area contributed by atoms with Gasteiger partial charge in [-0.25, -0.2) is 0 Å². The van der Waals surface area contributed by atoms with Crippen LogP contribution < -0.4 is 0 Å². The van der Waals surface area contributed by atoms with Crippen LogP contribution in [-0.4, -0.2) is 43.5 Å². The lowest BCUT2D eigenvalue weighted by Gasteiger charge is -2.25. The number of carbonyl (C=O) groups is 1. The molecule has 0 atom stereocenters. The molecule has 0 rings (SSSR count). The van der Waals surface area contributed by atoms with Crippen molar-refractivity contribution in [3.8, 4) is 0 Å². The molecule has 13 heavy (non-hydrogen) atoms. The summed E-state index contributed by atoms with van der Waals surface area (Å²) in [5.41, 5.74) is -2.41. The Labute approximate surface area is 73.5 Å². The monoisotopic (exact) mass is 233 g/mol. The molecule has 1 amide bonds. The number of hydrogen-bond acceptors (Lipinski definition) is 3. The Kier molecular flexibility index (Phi) is 3.81. The summed E-state index contributed by atoms with van der Waals surface area (Å²) in [6, 6.07) is 0. The van der Waals surface area contributed by atoms with E-state index in [0.29, 0.717) is 0 Å². The third-order valence-electron chi connectivity index (χ3n) is 1.13. The minimum atomic E-state index is -5.04. The standard InChI is InChI=1S/C3H9NO7P2/c1-4(2-5)3(12(6,7)8)13(9,10)11/h2-3H,1H3,(H2,6,7,8)(H2,9,10,11). The van der Waals surface area contributed by atoms with Gasteiger partial charge in [0.1, 0.15) is 0 Å². The number of nitrogens with zero attached hydrogens (tertiary/aromatic N) is 1. The van der Waals surface area contributed by atoms with Crippen LogP contribution >= 0.6 is 15.2 Å². The van der Waals surface area contributed by atoms with Crippen molar-refractivity contribution < 1.29 is 33.5 Å². The Morgan fingerprint density at radius 2 is 1.46 bits per heavy atom. The van der Waals surface area contributed by atoms with E-state index in [1.54, 1.807) is 0 Å². The molecular weight excluding hydrogens is 224 g/mol. The van der Waals surface area contributed by atoms with Gasteiger partial charge in [-0.1, -0.05) is 0 Å². The van der Waals surface area contributed by atoms with Crippen LogP contribution in [0.1, 0.15) is 0 Å². The highest BCUT2D eigenvalue weighted by molar-refractivity contribution is 7.70. The number of carbonyl (C=O) groups excluding carboxylic acids is 1. The van der Waals surface area contributed by atoms with Gasteiger partial charge < -0.3 is 24.5 Å². The predicted octanol–water partition coefficient (Wildman–Crippen LogP) is -1.29. The Balaban J connectivity index is 5.12. The fraction of sp³-hybridized carbons (Fsp3) is 0.667. The molecule has 0 heterocycles. The van der Waals surface area contributed by atoms with E-state index in [-0.39, 0.29) is 11.3 Å². The van der Waals surface area contributed by atoms with E-state index in [9.17, 15) is 13.9 Å². The highest BCUT2D eigenvalue weighted by Gasteiger charge is 2.46. The summed E-state index contributed by atoms with van der Waals surface area (Å²) >= 11 is 0. The summed E-state index contributed by atoms with van der Waals surface area (Å²) in [6.45, 7) is 0. The van der Waals surface area contributed by atoms with Gasteiger partial charge in [0.15, 0.2) is 0 Å². The van der Waals surface area contributed by atoms with Crippen molar-refractivity contribution in [3.63, 3.8) is 0 Å². The third kappa shape index (κ3) is 3.56. The van der Waals surface area contributed by atoms with Crippen LogP contribution in [0.4, 0.5) is 0 Å². The highest BCUT2D eigenvalue weighted by Crippen LogP contribution is 2.60. The molecule has 0 radical (unpaired) electrons. The SMILES string of the molecule is CN(C=O)C(P(=O)(O)O)P(=O)(O)O. The molecule has 0 aliphatic rings. The quantitative estimate of drug-likeness (QED) is 0.350. The fourth-order valence-electron chi connectivity index (χ4n) is 0.725. The van der Waals surface area contributed by atoms with E-state index in [2.05, 4.69) is 0 Å². The van der Waals surface area contributed by atoms with E-state index in [4.69, 9.17) is 19.6 Å². The number of hydrogen-bond donors (Lipinski definition) is 4. The second-order valence-electron chi connectivity index (χ2n) is 2.30. The van der Waals surface area contributed by atoms with Crippen molar-refractivity contribution in [3.05, 3.63) is 0 Å². The molecule has 0 fully saturated rings. The molecule has 0 aromatic heterocycles. The van der Waals surface area contributed by atoms with Crippen LogP contribution in [-0.2, 0) is 13.9 Å². The van der Waals surface area contributed by atoms with Gasteiger partial charge in [-0.15, -0.1) is 0 Å². The molecule has 8 nitrogen and oxygen atoms in total. The normalized spacial score (nSPS) is 13.1. The zero-order valence-electron chi connectivity index (χ0n) is 6.51. The molecule has 0 saturated heterocycles. The molecule has 0 bridgehead atoms. The van der Waals surface area contributed by atoms with Crippen molar-refractivity contribution in [2.45, 2.75) is 5.52 Å². The van der Waals surface area contributed by atoms with E-state index >= 15 is 0 Å². The van der Waals surface area contributed by atoms with Gasteiger partial charge in [0, 0.05) is 7.05 Å². The molecule has 4 N–H and O–H groups in total. The molecule has 0 aliphatic heterocycles. The fourth-order valence-corrected chi connectivity index (χ4v) is 3.35. The largest absolute Gasteiger partial charge is 0.360 e. The van der Waals surface area contributed by atoms with Crippen LogP contribution in [0.25, 0.3) is 0 Å². The number of rotatable bonds is 4. The lowest BCUT2D eigenvalue weighted by molar-refractivity contribution is -0.117. The van der Waals surface area contributed by atoms with Crippen molar-refractivity contribution in [1.29, 1.82) is 0 Å². The second-order valence-corrected chi connectivity index (χ2v) is 6.04. The maximum Gasteiger partial charge on any atom is 0.360 e. The van der Waals surface area contributed by atoms with Crippen molar-refractivity contribution in [1.82, 2.24) is 4.90 Å². The zero-order chi connectivity index (χ0) is 10.9. The molecule has 0 aromatic rings. The summed E-state index contributed by atoms with van der Waals surface area (Å²) in [4.78, 5) is 44.5. The van der Waals surface area contributed by atoms with E-state index in [0.717, 1.165) is 7.05 Å². The minimum Gasteiger partial charge on any atom is -0.324 e. The van der Waals surface area contributed by atoms with Crippen molar-refractivity contribution >= 4 is 21.6 Å². The van der Waals surface area contributed by atoms with Crippen LogP contribution in [0.3, 0.4) is 0 Å². The average Bonchev–Trinajstić information content (AvgIpc) is 1.80. The molecular formula is C3H9NO7P2. The minimum absolute atomic E-state index is 0.0666. The number of amides is 1. The Bertz CT molecular complexity index is 255. The van der Waals surface area contributed by atoms with Gasteiger partial charge in [-0.05, 0) is 0 Å². The van der Waals surface area contributed by atoms with Gasteiger partial charge in [-0.2, -0.15) is 0 Å². The van der Waals surface area contributed by atoms with Crippen LogP contribution in [0.5, 0.6) is 0 Å². The Morgan fingerprint density at radius 3 is 1.54 bits per heavy atom. The molecule has 78 valence electrons. The van der Waals surface area contributed by atoms with Gasteiger partial charge >= 0.3 is 15.2 Å². The summed E-state index contributed by atoms with van der Waals surface area (Å²) in [7, 11) is -9.21. The zero-order valence-corrected chi connectivity index (χ0v) is 8.30. The summed E-state index contributed by atoms with van der Waals surface area (Å²) in [5.74, 6) is 0. The summed E-state index contributed by atoms with van der Waals surface area (Å²) < 4.78 is 21.2. The van der Waals surface area contributed by atoms with Gasteiger partial charge in [-0.3, -0.25) is 13.9 Å². The lowest BCUT2D eigenvalue weighted by Crippen LogP contribution is -2.30. The second kappa shape index (κ2) is 3.88. The lowest BCUT2D eigenvalue weighted by atomic mass is 11.0. The molecule has 0 aromatic carbocycles. The molecule has 10 heteroatoms. The first-order chi connectivity index (χ1) is 5.60. The summed E-state index contributed by atoms with van der Waals surface area (Å²) in [6.07, 6.45) is -0.0666. The maximum absolute atomic E-state index is 10.6. The first-order valence-corrected chi connectivity index (χ1v) is 6.24. The Morgan fingerprint density at radius 1 is 1.15 bits per heavy atom. The first-order valence-electron chi connectivity index (χ1n) is 2.88. The molecule has 0 aliphatic carbocycles.